The van der Waals surface area contributed by atoms with Crippen LogP contribution in [0.2, 0.25) is 0 Å². The number of anilines is 1. The molecule has 0 spiro atoms. The Hall–Kier alpha value is -1.69. The molecule has 21 heavy (non-hydrogen) atoms. The van der Waals surface area contributed by atoms with Crippen LogP contribution in [-0.2, 0) is 17.6 Å². The summed E-state index contributed by atoms with van der Waals surface area (Å²) in [6, 6.07) is 0.156. The monoisotopic (exact) mass is 293 g/mol. The van der Waals surface area contributed by atoms with Gasteiger partial charge in [-0.2, -0.15) is 5.10 Å². The van der Waals surface area contributed by atoms with Crippen molar-refractivity contribution in [3.05, 3.63) is 16.8 Å². The Morgan fingerprint density at radius 3 is 2.67 bits per heavy atom. The summed E-state index contributed by atoms with van der Waals surface area (Å²) in [6.45, 7) is 7.85. The van der Waals surface area contributed by atoms with E-state index in [-0.39, 0.29) is 6.04 Å². The molecule has 0 radical (unpaired) electrons. The minimum absolute atomic E-state index is 0.156. The number of morpholine rings is 1. The molecule has 1 fully saturated rings. The van der Waals surface area contributed by atoms with Gasteiger partial charge in [-0.05, 0) is 24.8 Å². The van der Waals surface area contributed by atoms with Crippen molar-refractivity contribution in [3.63, 3.8) is 0 Å². The fourth-order valence-electron chi connectivity index (χ4n) is 2.86. The van der Waals surface area contributed by atoms with Gasteiger partial charge in [-0.25, -0.2) is 4.79 Å². The molecule has 2 heterocycles. The van der Waals surface area contributed by atoms with Crippen LogP contribution in [0.15, 0.2) is 0 Å². The number of aryl methyl sites for hydroxylation is 1. The average molecular weight is 293 g/mol. The Kier molecular flexibility index (Phi) is 5.12. The predicted molar refractivity (Wildman–Crippen MR) is 80.0 cm³/mol. The van der Waals surface area contributed by atoms with Crippen molar-refractivity contribution in [1.82, 2.24) is 10.2 Å². The highest BCUT2D eigenvalue weighted by Crippen LogP contribution is 2.27. The molecular formula is C15H23N3O3. The van der Waals surface area contributed by atoms with Gasteiger partial charge in [0.2, 0.25) is 0 Å². The van der Waals surface area contributed by atoms with E-state index in [1.165, 1.54) is 0 Å². The average Bonchev–Trinajstić information content (AvgIpc) is 2.52. The second-order valence-electron chi connectivity index (χ2n) is 5.17. The molecule has 6 heteroatoms. The fourth-order valence-corrected chi connectivity index (χ4v) is 2.86. The van der Waals surface area contributed by atoms with E-state index in [4.69, 9.17) is 4.74 Å². The number of hydrogen-bond donors (Lipinski definition) is 1. The first-order valence-corrected chi connectivity index (χ1v) is 7.60. The Morgan fingerprint density at radius 1 is 1.33 bits per heavy atom. The molecule has 2 rings (SSSR count). The molecule has 116 valence electrons. The zero-order chi connectivity index (χ0) is 15.4. The molecule has 0 saturated carbocycles. The first-order chi connectivity index (χ1) is 10.1. The van der Waals surface area contributed by atoms with Crippen LogP contribution in [-0.4, -0.2) is 47.1 Å². The van der Waals surface area contributed by atoms with Gasteiger partial charge >= 0.3 is 5.97 Å². The maximum atomic E-state index is 11.8. The lowest BCUT2D eigenvalue weighted by atomic mass is 10.0. The summed E-state index contributed by atoms with van der Waals surface area (Å²) in [5, 5.41) is 18.2. The van der Waals surface area contributed by atoms with Crippen LogP contribution >= 0.6 is 0 Å². The molecule has 0 amide bonds. The lowest BCUT2D eigenvalue weighted by molar-refractivity contribution is 0.0691. The Bertz CT molecular complexity index is 519. The van der Waals surface area contributed by atoms with Gasteiger partial charge in [-0.3, -0.25) is 0 Å². The van der Waals surface area contributed by atoms with Gasteiger partial charge in [0.15, 0.2) is 5.82 Å². The molecule has 1 saturated heterocycles. The van der Waals surface area contributed by atoms with Gasteiger partial charge in [-0.1, -0.05) is 20.8 Å². The summed E-state index contributed by atoms with van der Waals surface area (Å²) in [6.07, 6.45) is 2.23. The fraction of sp³-hybridized carbons (Fsp3) is 0.667. The quantitative estimate of drug-likeness (QED) is 0.894. The van der Waals surface area contributed by atoms with Gasteiger partial charge in [0.1, 0.15) is 5.56 Å². The van der Waals surface area contributed by atoms with Crippen molar-refractivity contribution in [3.8, 4) is 0 Å². The zero-order valence-corrected chi connectivity index (χ0v) is 12.9. The topological polar surface area (TPSA) is 75.5 Å². The molecule has 1 unspecified atom stereocenters. The maximum absolute atomic E-state index is 11.8. The number of carboxylic acid groups (broad SMARTS) is 1. The first-order valence-electron chi connectivity index (χ1n) is 7.60. The third-order valence-corrected chi connectivity index (χ3v) is 4.01. The number of aromatic nitrogens is 2. The molecule has 1 aliphatic rings. The van der Waals surface area contributed by atoms with Crippen LogP contribution in [0.3, 0.4) is 0 Å². The standard InChI is InChI=1S/C15H23N3O3/c1-4-10-9-21-8-7-18(10)14-13(15(19)20)11(5-2)12(6-3)16-17-14/h10H,4-9H2,1-3H3,(H,19,20). The molecule has 1 N–H and O–H groups in total. The van der Waals surface area contributed by atoms with E-state index < -0.39 is 5.97 Å². The summed E-state index contributed by atoms with van der Waals surface area (Å²) in [5.74, 6) is -0.431. The smallest absolute Gasteiger partial charge is 0.339 e. The van der Waals surface area contributed by atoms with Crippen molar-refractivity contribution < 1.29 is 14.6 Å². The number of rotatable bonds is 5. The SMILES string of the molecule is CCc1nnc(N2CCOCC2CC)c(C(=O)O)c1CC. The lowest BCUT2D eigenvalue weighted by Crippen LogP contribution is -2.46. The van der Waals surface area contributed by atoms with Crippen molar-refractivity contribution in [1.29, 1.82) is 0 Å². The van der Waals surface area contributed by atoms with E-state index in [1.807, 2.05) is 18.7 Å². The first kappa shape index (κ1) is 15.7. The normalized spacial score (nSPS) is 18.8. The summed E-state index contributed by atoms with van der Waals surface area (Å²) in [5.41, 5.74) is 1.89. The van der Waals surface area contributed by atoms with Crippen LogP contribution in [0, 0.1) is 0 Å². The Morgan fingerprint density at radius 2 is 2.10 bits per heavy atom. The zero-order valence-electron chi connectivity index (χ0n) is 12.9. The lowest BCUT2D eigenvalue weighted by Gasteiger charge is -2.36. The summed E-state index contributed by atoms with van der Waals surface area (Å²) in [7, 11) is 0. The van der Waals surface area contributed by atoms with Crippen molar-refractivity contribution in [2.24, 2.45) is 0 Å². The number of carboxylic acids is 1. The summed E-state index contributed by atoms with van der Waals surface area (Å²) < 4.78 is 5.49. The van der Waals surface area contributed by atoms with E-state index >= 15 is 0 Å². The van der Waals surface area contributed by atoms with Crippen molar-refractivity contribution in [2.75, 3.05) is 24.7 Å². The number of hydrogen-bond acceptors (Lipinski definition) is 5. The van der Waals surface area contributed by atoms with Gasteiger partial charge in [-0.15, -0.1) is 5.10 Å². The second-order valence-corrected chi connectivity index (χ2v) is 5.17. The Labute approximate surface area is 125 Å². The number of carbonyl (C=O) groups is 1. The van der Waals surface area contributed by atoms with Crippen molar-refractivity contribution in [2.45, 2.75) is 46.1 Å². The molecule has 1 atom stereocenters. The molecule has 1 aromatic heterocycles. The molecule has 0 bridgehead atoms. The number of aromatic carboxylic acids is 1. The van der Waals surface area contributed by atoms with E-state index in [0.717, 1.165) is 17.7 Å². The van der Waals surface area contributed by atoms with Crippen LogP contribution in [0.4, 0.5) is 5.82 Å². The third-order valence-electron chi connectivity index (χ3n) is 4.01. The minimum Gasteiger partial charge on any atom is -0.478 e. The van der Waals surface area contributed by atoms with E-state index in [2.05, 4.69) is 17.1 Å². The van der Waals surface area contributed by atoms with Crippen LogP contribution < -0.4 is 4.90 Å². The predicted octanol–water partition coefficient (Wildman–Crippen LogP) is 1.91. The highest BCUT2D eigenvalue weighted by molar-refractivity contribution is 5.95. The second kappa shape index (κ2) is 6.85. The maximum Gasteiger partial charge on any atom is 0.339 e. The van der Waals surface area contributed by atoms with Crippen molar-refractivity contribution >= 4 is 11.8 Å². The van der Waals surface area contributed by atoms with Crippen LogP contribution in [0.25, 0.3) is 0 Å². The van der Waals surface area contributed by atoms with Gasteiger partial charge < -0.3 is 14.7 Å². The minimum atomic E-state index is -0.923. The molecular weight excluding hydrogens is 270 g/mol. The largest absolute Gasteiger partial charge is 0.478 e. The summed E-state index contributed by atoms with van der Waals surface area (Å²) in [4.78, 5) is 13.8. The van der Waals surface area contributed by atoms with E-state index in [9.17, 15) is 9.90 Å². The van der Waals surface area contributed by atoms with Crippen LogP contribution in [0.5, 0.6) is 0 Å². The van der Waals surface area contributed by atoms with E-state index in [0.29, 0.717) is 44.0 Å². The van der Waals surface area contributed by atoms with Gasteiger partial charge in [0, 0.05) is 6.54 Å². The molecule has 0 aromatic carbocycles. The van der Waals surface area contributed by atoms with Gasteiger partial charge in [0.25, 0.3) is 0 Å². The molecule has 0 aliphatic carbocycles. The Balaban J connectivity index is 2.54. The van der Waals surface area contributed by atoms with Crippen LogP contribution in [0.1, 0.15) is 48.8 Å². The molecule has 1 aliphatic heterocycles. The number of ether oxygens (including phenoxy) is 1. The highest BCUT2D eigenvalue weighted by atomic mass is 16.5. The highest BCUT2D eigenvalue weighted by Gasteiger charge is 2.29. The van der Waals surface area contributed by atoms with E-state index in [1.54, 1.807) is 0 Å². The third kappa shape index (κ3) is 3.00. The molecule has 1 aromatic rings. The summed E-state index contributed by atoms with van der Waals surface area (Å²) >= 11 is 0. The number of nitrogens with zero attached hydrogens (tertiary/aromatic N) is 3. The molecule has 6 nitrogen and oxygen atoms in total. The van der Waals surface area contributed by atoms with Gasteiger partial charge in [0.05, 0.1) is 24.9 Å².